The average molecular weight is 322 g/mol. The van der Waals surface area contributed by atoms with Crippen LogP contribution in [-0.2, 0) is 17.8 Å². The zero-order valence-corrected chi connectivity index (χ0v) is 14.9. The van der Waals surface area contributed by atoms with Crippen molar-refractivity contribution in [2.75, 3.05) is 6.61 Å². The number of benzene rings is 2. The molecule has 0 saturated heterocycles. The molecular weight excluding hydrogens is 292 g/mol. The second-order valence-corrected chi connectivity index (χ2v) is 7.16. The van der Waals surface area contributed by atoms with E-state index in [1.807, 2.05) is 6.07 Å². The summed E-state index contributed by atoms with van der Waals surface area (Å²) in [5.41, 5.74) is 4.17. The first kappa shape index (κ1) is 17.2. The van der Waals surface area contributed by atoms with Gasteiger partial charge in [0.15, 0.2) is 0 Å². The van der Waals surface area contributed by atoms with Crippen molar-refractivity contribution < 1.29 is 4.74 Å². The molecule has 1 aliphatic carbocycles. The second kappa shape index (κ2) is 9.03. The highest BCUT2D eigenvalue weighted by Crippen LogP contribution is 2.36. The fourth-order valence-electron chi connectivity index (χ4n) is 3.81. The standard InChI is InChI=1S/C23H30O/c1-2-19-8-12-22(13-9-19)23-14-10-20(11-15-23)16-17-24-18-21-6-4-3-5-7-21/h3-7,10-11,14-15,19,22H,2,8-9,12-13,16-18H2,1H3. The van der Waals surface area contributed by atoms with Gasteiger partial charge in [-0.1, -0.05) is 67.9 Å². The van der Waals surface area contributed by atoms with Gasteiger partial charge >= 0.3 is 0 Å². The summed E-state index contributed by atoms with van der Waals surface area (Å²) >= 11 is 0. The summed E-state index contributed by atoms with van der Waals surface area (Å²) in [6, 6.07) is 19.7. The largest absolute Gasteiger partial charge is 0.376 e. The van der Waals surface area contributed by atoms with Gasteiger partial charge in [0.05, 0.1) is 13.2 Å². The van der Waals surface area contributed by atoms with E-state index in [4.69, 9.17) is 4.74 Å². The van der Waals surface area contributed by atoms with Crippen molar-refractivity contribution in [1.82, 2.24) is 0 Å². The second-order valence-electron chi connectivity index (χ2n) is 7.16. The van der Waals surface area contributed by atoms with Crippen LogP contribution in [-0.4, -0.2) is 6.61 Å². The van der Waals surface area contributed by atoms with Gasteiger partial charge in [-0.25, -0.2) is 0 Å². The molecule has 2 aromatic rings. The Morgan fingerprint density at radius 3 is 2.21 bits per heavy atom. The third-order valence-corrected chi connectivity index (χ3v) is 5.52. The van der Waals surface area contributed by atoms with Gasteiger partial charge in [-0.05, 0) is 60.6 Å². The van der Waals surface area contributed by atoms with E-state index in [0.717, 1.165) is 24.9 Å². The Morgan fingerprint density at radius 2 is 1.54 bits per heavy atom. The lowest BCUT2D eigenvalue weighted by molar-refractivity contribution is 0.124. The van der Waals surface area contributed by atoms with E-state index in [2.05, 4.69) is 55.5 Å². The van der Waals surface area contributed by atoms with Gasteiger partial charge < -0.3 is 4.74 Å². The molecule has 1 saturated carbocycles. The molecule has 0 bridgehead atoms. The minimum atomic E-state index is 0.708. The Morgan fingerprint density at radius 1 is 0.833 bits per heavy atom. The fraction of sp³-hybridized carbons (Fsp3) is 0.478. The predicted octanol–water partition coefficient (Wildman–Crippen LogP) is 6.13. The van der Waals surface area contributed by atoms with E-state index >= 15 is 0 Å². The molecule has 0 aromatic heterocycles. The van der Waals surface area contributed by atoms with Crippen LogP contribution in [0.25, 0.3) is 0 Å². The minimum absolute atomic E-state index is 0.708. The van der Waals surface area contributed by atoms with Crippen LogP contribution >= 0.6 is 0 Å². The summed E-state index contributed by atoms with van der Waals surface area (Å²) in [5, 5.41) is 0. The molecule has 3 rings (SSSR count). The van der Waals surface area contributed by atoms with E-state index in [1.165, 1.54) is 43.2 Å². The van der Waals surface area contributed by atoms with Crippen molar-refractivity contribution in [2.45, 2.75) is 58.0 Å². The lowest BCUT2D eigenvalue weighted by Crippen LogP contribution is -2.12. The molecule has 0 unspecified atom stereocenters. The first-order valence-corrected chi connectivity index (χ1v) is 9.55. The van der Waals surface area contributed by atoms with Crippen LogP contribution in [0.1, 0.15) is 61.6 Å². The Bertz CT molecular complexity index is 579. The quantitative estimate of drug-likeness (QED) is 0.557. The van der Waals surface area contributed by atoms with Crippen LogP contribution in [0.3, 0.4) is 0 Å². The summed E-state index contributed by atoms with van der Waals surface area (Å²) in [6.45, 7) is 3.83. The molecule has 1 fully saturated rings. The van der Waals surface area contributed by atoms with Crippen LogP contribution in [0.2, 0.25) is 0 Å². The van der Waals surface area contributed by atoms with Gasteiger partial charge in [0.2, 0.25) is 0 Å². The van der Waals surface area contributed by atoms with Gasteiger partial charge in [-0.3, -0.25) is 0 Å². The van der Waals surface area contributed by atoms with Crippen molar-refractivity contribution >= 4 is 0 Å². The van der Waals surface area contributed by atoms with Gasteiger partial charge in [0, 0.05) is 0 Å². The highest BCUT2D eigenvalue weighted by Gasteiger charge is 2.20. The van der Waals surface area contributed by atoms with E-state index in [-0.39, 0.29) is 0 Å². The molecule has 2 aromatic carbocycles. The average Bonchev–Trinajstić information content (AvgIpc) is 2.67. The van der Waals surface area contributed by atoms with Crippen molar-refractivity contribution in [1.29, 1.82) is 0 Å². The smallest absolute Gasteiger partial charge is 0.0717 e. The third-order valence-electron chi connectivity index (χ3n) is 5.52. The monoisotopic (exact) mass is 322 g/mol. The van der Waals surface area contributed by atoms with Crippen molar-refractivity contribution in [3.63, 3.8) is 0 Å². The number of rotatable bonds is 7. The highest BCUT2D eigenvalue weighted by atomic mass is 16.5. The summed E-state index contributed by atoms with van der Waals surface area (Å²) in [6.07, 6.45) is 7.92. The molecule has 1 aliphatic rings. The first-order chi connectivity index (χ1) is 11.8. The number of ether oxygens (including phenoxy) is 1. The zero-order valence-electron chi connectivity index (χ0n) is 14.9. The van der Waals surface area contributed by atoms with E-state index in [1.54, 1.807) is 5.56 Å². The van der Waals surface area contributed by atoms with Gasteiger partial charge in [0.1, 0.15) is 0 Å². The zero-order chi connectivity index (χ0) is 16.6. The Hall–Kier alpha value is -1.60. The maximum Gasteiger partial charge on any atom is 0.0717 e. The van der Waals surface area contributed by atoms with Crippen molar-refractivity contribution in [3.05, 3.63) is 71.3 Å². The minimum Gasteiger partial charge on any atom is -0.376 e. The SMILES string of the molecule is CCC1CCC(c2ccc(CCOCc3ccccc3)cc2)CC1. The van der Waals surface area contributed by atoms with E-state index in [9.17, 15) is 0 Å². The molecule has 24 heavy (non-hydrogen) atoms. The van der Waals surface area contributed by atoms with Crippen molar-refractivity contribution in [2.24, 2.45) is 5.92 Å². The van der Waals surface area contributed by atoms with Gasteiger partial charge in [-0.2, -0.15) is 0 Å². The molecule has 128 valence electrons. The summed E-state index contributed by atoms with van der Waals surface area (Å²) in [4.78, 5) is 0. The summed E-state index contributed by atoms with van der Waals surface area (Å²) in [7, 11) is 0. The van der Waals surface area contributed by atoms with Crippen LogP contribution in [0.5, 0.6) is 0 Å². The van der Waals surface area contributed by atoms with Crippen molar-refractivity contribution in [3.8, 4) is 0 Å². The molecule has 0 radical (unpaired) electrons. The third kappa shape index (κ3) is 4.95. The van der Waals surface area contributed by atoms with Crippen LogP contribution in [0.4, 0.5) is 0 Å². The molecule has 1 nitrogen and oxygen atoms in total. The molecule has 0 spiro atoms. The predicted molar refractivity (Wildman–Crippen MR) is 101 cm³/mol. The lowest BCUT2D eigenvalue weighted by Gasteiger charge is -2.28. The lowest BCUT2D eigenvalue weighted by atomic mass is 9.78. The Balaban J connectivity index is 1.41. The van der Waals surface area contributed by atoms with Crippen LogP contribution in [0, 0.1) is 5.92 Å². The Labute approximate surface area is 147 Å². The summed E-state index contributed by atoms with van der Waals surface area (Å²) in [5.74, 6) is 1.76. The molecule has 0 atom stereocenters. The maximum absolute atomic E-state index is 5.79. The van der Waals surface area contributed by atoms with Crippen LogP contribution < -0.4 is 0 Å². The molecule has 0 aliphatic heterocycles. The Kier molecular flexibility index (Phi) is 6.48. The maximum atomic E-state index is 5.79. The molecule has 0 heterocycles. The fourth-order valence-corrected chi connectivity index (χ4v) is 3.81. The number of hydrogen-bond donors (Lipinski definition) is 0. The normalized spacial score (nSPS) is 20.9. The van der Waals surface area contributed by atoms with Gasteiger partial charge in [0.25, 0.3) is 0 Å². The molecule has 0 N–H and O–H groups in total. The first-order valence-electron chi connectivity index (χ1n) is 9.55. The van der Waals surface area contributed by atoms with Crippen LogP contribution in [0.15, 0.2) is 54.6 Å². The molecule has 0 amide bonds. The van der Waals surface area contributed by atoms with E-state index < -0.39 is 0 Å². The van der Waals surface area contributed by atoms with Gasteiger partial charge in [-0.15, -0.1) is 0 Å². The van der Waals surface area contributed by atoms with E-state index in [0.29, 0.717) is 6.61 Å². The topological polar surface area (TPSA) is 9.23 Å². The number of hydrogen-bond acceptors (Lipinski definition) is 1. The molecular formula is C23H30O. The highest BCUT2D eigenvalue weighted by molar-refractivity contribution is 5.26. The molecule has 1 heteroatoms. The summed E-state index contributed by atoms with van der Waals surface area (Å²) < 4.78 is 5.79.